The molecule has 0 aliphatic carbocycles. The summed E-state index contributed by atoms with van der Waals surface area (Å²) >= 11 is 4.49. The van der Waals surface area contributed by atoms with Crippen molar-refractivity contribution in [2.75, 3.05) is 17.3 Å². The molecular formula is C37H48N4O4S3. The highest BCUT2D eigenvalue weighted by atomic mass is 32.2. The fourth-order valence-electron chi connectivity index (χ4n) is 4.52. The molecule has 11 heteroatoms. The van der Waals surface area contributed by atoms with E-state index in [2.05, 4.69) is 16.0 Å². The zero-order valence-electron chi connectivity index (χ0n) is 28.4. The maximum Gasteiger partial charge on any atom is 0.247 e. The number of rotatable bonds is 19. The second-order valence-electron chi connectivity index (χ2n) is 12.8. The first-order valence-corrected chi connectivity index (χ1v) is 19.3. The van der Waals surface area contributed by atoms with Crippen molar-refractivity contribution in [2.24, 2.45) is 11.7 Å². The van der Waals surface area contributed by atoms with E-state index >= 15 is 0 Å². The maximum absolute atomic E-state index is 14.2. The lowest BCUT2D eigenvalue weighted by Gasteiger charge is -2.38. The topological polar surface area (TPSA) is 130 Å². The van der Waals surface area contributed by atoms with Gasteiger partial charge >= 0.3 is 0 Å². The van der Waals surface area contributed by atoms with Gasteiger partial charge in [0.25, 0.3) is 0 Å². The Balaban J connectivity index is 1.84. The Hall–Kier alpha value is -3.41. The van der Waals surface area contributed by atoms with E-state index in [1.807, 2.05) is 91.0 Å². The van der Waals surface area contributed by atoms with Crippen LogP contribution in [0, 0.1) is 5.92 Å². The number of nitrogens with one attached hydrogen (secondary N) is 3. The Morgan fingerprint density at radius 1 is 0.562 bits per heavy atom. The molecule has 0 heterocycles. The fourth-order valence-corrected chi connectivity index (χ4v) is 7.96. The number of hydrogen-bond acceptors (Lipinski definition) is 7. The highest BCUT2D eigenvalue weighted by Crippen LogP contribution is 2.25. The molecule has 4 amide bonds. The number of amides is 4. The molecule has 3 atom stereocenters. The van der Waals surface area contributed by atoms with Gasteiger partial charge in [0.1, 0.15) is 16.6 Å². The summed E-state index contributed by atoms with van der Waals surface area (Å²) in [6, 6.07) is 29.5. The normalized spacial score (nSPS) is 15.0. The Morgan fingerprint density at radius 3 is 1.21 bits per heavy atom. The van der Waals surface area contributed by atoms with Gasteiger partial charge in [0.2, 0.25) is 23.6 Å². The molecule has 3 rings (SSSR count). The Bertz CT molecular complexity index is 1500. The molecule has 0 aliphatic rings. The molecule has 48 heavy (non-hydrogen) atoms. The molecule has 0 unspecified atom stereocenters. The molecule has 3 aromatic rings. The first-order valence-electron chi connectivity index (χ1n) is 15.9. The molecule has 3 aromatic carbocycles. The number of carbonyl (C=O) groups excluding carboxylic acids is 4. The van der Waals surface area contributed by atoms with Crippen LogP contribution in [0.2, 0.25) is 0 Å². The van der Waals surface area contributed by atoms with E-state index < -0.39 is 34.3 Å². The van der Waals surface area contributed by atoms with E-state index in [1.165, 1.54) is 35.3 Å². The monoisotopic (exact) mass is 708 g/mol. The molecule has 0 fully saturated rings. The predicted molar refractivity (Wildman–Crippen MR) is 201 cm³/mol. The van der Waals surface area contributed by atoms with Crippen LogP contribution in [0.25, 0.3) is 0 Å². The van der Waals surface area contributed by atoms with Crippen LogP contribution in [-0.4, -0.2) is 57.5 Å². The lowest BCUT2D eigenvalue weighted by molar-refractivity contribution is -0.139. The molecule has 0 saturated carbocycles. The Kier molecular flexibility index (Phi) is 14.9. The minimum Gasteiger partial charge on any atom is -0.368 e. The van der Waals surface area contributed by atoms with Crippen LogP contribution < -0.4 is 21.7 Å². The molecule has 8 nitrogen and oxygen atoms in total. The van der Waals surface area contributed by atoms with Crippen LogP contribution in [0.15, 0.2) is 91.0 Å². The molecule has 0 aromatic heterocycles. The molecule has 258 valence electrons. The van der Waals surface area contributed by atoms with Gasteiger partial charge in [-0.1, -0.05) is 105 Å². The van der Waals surface area contributed by atoms with E-state index in [-0.39, 0.29) is 29.1 Å². The van der Waals surface area contributed by atoms with Crippen LogP contribution in [0.1, 0.15) is 51.3 Å². The molecule has 5 N–H and O–H groups in total. The number of nitrogens with two attached hydrogens (primary N) is 1. The second kappa shape index (κ2) is 18.4. The quantitative estimate of drug-likeness (QED) is 0.129. The molecule has 0 radical (unpaired) electrons. The largest absolute Gasteiger partial charge is 0.368 e. The highest BCUT2D eigenvalue weighted by molar-refractivity contribution is 7.99. The van der Waals surface area contributed by atoms with Gasteiger partial charge in [-0.05, 0) is 37.5 Å². The summed E-state index contributed by atoms with van der Waals surface area (Å²) in [7, 11) is 0. The summed E-state index contributed by atoms with van der Waals surface area (Å²) in [5.41, 5.74) is 4.95. The third kappa shape index (κ3) is 11.9. The van der Waals surface area contributed by atoms with Gasteiger partial charge in [-0.3, -0.25) is 19.2 Å². The average molecular weight is 709 g/mol. The predicted octanol–water partition coefficient (Wildman–Crippen LogP) is 5.55. The van der Waals surface area contributed by atoms with Crippen LogP contribution in [0.4, 0.5) is 0 Å². The Labute approximate surface area is 297 Å². The van der Waals surface area contributed by atoms with E-state index in [4.69, 9.17) is 5.73 Å². The third-order valence-corrected chi connectivity index (χ3v) is 11.7. The molecule has 0 spiro atoms. The van der Waals surface area contributed by atoms with Crippen LogP contribution >= 0.6 is 35.3 Å². The van der Waals surface area contributed by atoms with Crippen molar-refractivity contribution in [1.82, 2.24) is 16.0 Å². The molecular weight excluding hydrogens is 661 g/mol. The minimum absolute atomic E-state index is 0.205. The van der Waals surface area contributed by atoms with E-state index in [9.17, 15) is 19.2 Å². The molecule has 0 bridgehead atoms. The summed E-state index contributed by atoms with van der Waals surface area (Å²) in [5, 5.41) is 8.84. The van der Waals surface area contributed by atoms with Crippen molar-refractivity contribution in [3.63, 3.8) is 0 Å². The van der Waals surface area contributed by atoms with Crippen LogP contribution in [0.3, 0.4) is 0 Å². The number of thioether (sulfide) groups is 3. The SMILES string of the molecule is CC(C)C(=O)N[C@](C)(CSCc1ccccc1)C(=O)N[C@@](C)(CSCc1ccccc1)C(=O)N[C@@](C)(CSCc1ccccc1)C(N)=O. The first-order chi connectivity index (χ1) is 22.8. The Morgan fingerprint density at radius 2 is 0.875 bits per heavy atom. The average Bonchev–Trinajstić information content (AvgIpc) is 3.06. The van der Waals surface area contributed by atoms with Crippen molar-refractivity contribution in [1.29, 1.82) is 0 Å². The number of carbonyl (C=O) groups is 4. The fraction of sp³-hybridized carbons (Fsp3) is 0.405. The summed E-state index contributed by atoms with van der Waals surface area (Å²) in [5.74, 6) is 0.281. The van der Waals surface area contributed by atoms with Gasteiger partial charge in [-0.2, -0.15) is 35.3 Å². The van der Waals surface area contributed by atoms with Crippen molar-refractivity contribution >= 4 is 58.9 Å². The highest BCUT2D eigenvalue weighted by Gasteiger charge is 2.45. The van der Waals surface area contributed by atoms with Gasteiger partial charge < -0.3 is 21.7 Å². The minimum atomic E-state index is -1.45. The molecule has 0 saturated heterocycles. The van der Waals surface area contributed by atoms with Gasteiger partial charge in [0.15, 0.2) is 0 Å². The number of hydrogen-bond donors (Lipinski definition) is 4. The maximum atomic E-state index is 14.2. The zero-order valence-corrected chi connectivity index (χ0v) is 30.9. The molecule has 0 aliphatic heterocycles. The van der Waals surface area contributed by atoms with Gasteiger partial charge in [0.05, 0.1) is 0 Å². The van der Waals surface area contributed by atoms with Crippen molar-refractivity contribution in [3.05, 3.63) is 108 Å². The van der Waals surface area contributed by atoms with Crippen LogP contribution in [0.5, 0.6) is 0 Å². The van der Waals surface area contributed by atoms with Crippen molar-refractivity contribution in [2.45, 2.75) is 68.5 Å². The van der Waals surface area contributed by atoms with E-state index in [0.717, 1.165) is 16.7 Å². The number of benzene rings is 3. The van der Waals surface area contributed by atoms with E-state index in [0.29, 0.717) is 17.3 Å². The standard InChI is InChI=1S/C37H48N4O4S3/c1-27(2)31(42)39-36(4,25-47-22-29-17-11-7-12-18-29)33(44)41-37(5,26-48-23-30-19-13-8-14-20-30)34(45)40-35(3,32(38)43)24-46-21-28-15-9-6-10-16-28/h6-20,27H,21-26H2,1-5H3,(H2,38,43)(H,39,42)(H,40,45)(H,41,44)/t35-,36+,37-/m0/s1. The number of primary amides is 1. The first kappa shape index (κ1) is 39.0. The summed E-state index contributed by atoms with van der Waals surface area (Å²) in [6.07, 6.45) is 0. The van der Waals surface area contributed by atoms with Gasteiger partial charge in [0, 0.05) is 40.4 Å². The lowest BCUT2D eigenvalue weighted by atomic mass is 9.95. The summed E-state index contributed by atoms with van der Waals surface area (Å²) in [6.45, 7) is 8.48. The van der Waals surface area contributed by atoms with Gasteiger partial charge in [-0.25, -0.2) is 0 Å². The smallest absolute Gasteiger partial charge is 0.247 e. The van der Waals surface area contributed by atoms with Crippen LogP contribution in [-0.2, 0) is 36.4 Å². The van der Waals surface area contributed by atoms with Gasteiger partial charge in [-0.15, -0.1) is 0 Å². The zero-order chi connectivity index (χ0) is 35.2. The second-order valence-corrected chi connectivity index (χ2v) is 15.8. The van der Waals surface area contributed by atoms with Crippen molar-refractivity contribution in [3.8, 4) is 0 Å². The van der Waals surface area contributed by atoms with E-state index in [1.54, 1.807) is 34.6 Å². The van der Waals surface area contributed by atoms with Crippen molar-refractivity contribution < 1.29 is 19.2 Å². The summed E-state index contributed by atoms with van der Waals surface area (Å²) < 4.78 is 0. The lowest BCUT2D eigenvalue weighted by Crippen LogP contribution is -2.69. The summed E-state index contributed by atoms with van der Waals surface area (Å²) in [4.78, 5) is 54.2. The third-order valence-electron chi connectivity index (χ3n) is 7.76.